The van der Waals surface area contributed by atoms with Gasteiger partial charge in [-0.25, -0.2) is 8.42 Å². The highest BCUT2D eigenvalue weighted by Gasteiger charge is 2.22. The second-order valence-corrected chi connectivity index (χ2v) is 6.84. The normalized spacial score (nSPS) is 11.3. The molecule has 0 bridgehead atoms. The summed E-state index contributed by atoms with van der Waals surface area (Å²) in [5.74, 6) is -1.02. The lowest BCUT2D eigenvalue weighted by Gasteiger charge is -2.06. The van der Waals surface area contributed by atoms with Crippen LogP contribution in [0, 0.1) is 6.92 Å². The van der Waals surface area contributed by atoms with Crippen LogP contribution in [0.25, 0.3) is 0 Å². The zero-order valence-electron chi connectivity index (χ0n) is 10.8. The Kier molecular flexibility index (Phi) is 4.26. The Morgan fingerprint density at radius 2 is 1.65 bits per heavy atom. The van der Waals surface area contributed by atoms with Crippen LogP contribution < -0.4 is 0 Å². The number of hydrogen-bond donors (Lipinski definition) is 0. The van der Waals surface area contributed by atoms with Gasteiger partial charge in [-0.15, -0.1) is 0 Å². The van der Waals surface area contributed by atoms with Crippen molar-refractivity contribution in [3.05, 3.63) is 64.7 Å². The highest BCUT2D eigenvalue weighted by Crippen LogP contribution is 2.22. The van der Waals surface area contributed by atoms with E-state index in [2.05, 4.69) is 0 Å². The van der Waals surface area contributed by atoms with Gasteiger partial charge in [-0.05, 0) is 19.1 Å². The van der Waals surface area contributed by atoms with Crippen molar-refractivity contribution in [3.63, 3.8) is 0 Å². The molecule has 2 aromatic carbocycles. The van der Waals surface area contributed by atoms with Crippen molar-refractivity contribution in [2.75, 3.05) is 5.75 Å². The van der Waals surface area contributed by atoms with Crippen LogP contribution in [0.5, 0.6) is 0 Å². The smallest absolute Gasteiger partial charge is 0.187 e. The summed E-state index contributed by atoms with van der Waals surface area (Å²) in [6.45, 7) is 1.90. The summed E-state index contributed by atoms with van der Waals surface area (Å²) in [4.78, 5) is 12.0. The summed E-state index contributed by atoms with van der Waals surface area (Å²) < 4.78 is 24.4. The average molecular weight is 309 g/mol. The number of benzene rings is 2. The van der Waals surface area contributed by atoms with E-state index in [1.807, 2.05) is 6.92 Å². The largest absolute Gasteiger partial charge is 0.293 e. The SMILES string of the molecule is Cc1ccc(C(=O)CS(=O)(=O)c2ccccc2Cl)cc1. The average Bonchev–Trinajstić information content (AvgIpc) is 2.39. The summed E-state index contributed by atoms with van der Waals surface area (Å²) in [6, 6.07) is 12.9. The molecule has 0 saturated carbocycles. The lowest BCUT2D eigenvalue weighted by atomic mass is 10.1. The van der Waals surface area contributed by atoms with Gasteiger partial charge in [0, 0.05) is 5.56 Å². The highest BCUT2D eigenvalue weighted by atomic mass is 35.5. The van der Waals surface area contributed by atoms with E-state index in [0.29, 0.717) is 5.56 Å². The third-order valence-electron chi connectivity index (χ3n) is 2.87. The molecular weight excluding hydrogens is 296 g/mol. The fourth-order valence-electron chi connectivity index (χ4n) is 1.77. The van der Waals surface area contributed by atoms with Crippen LogP contribution in [0.2, 0.25) is 5.02 Å². The van der Waals surface area contributed by atoms with E-state index in [1.54, 1.807) is 36.4 Å². The summed E-state index contributed by atoms with van der Waals surface area (Å²) in [5.41, 5.74) is 1.39. The molecule has 2 aromatic rings. The Morgan fingerprint density at radius 3 is 2.25 bits per heavy atom. The van der Waals surface area contributed by atoms with Gasteiger partial charge in [0.05, 0.1) is 9.92 Å². The van der Waals surface area contributed by atoms with E-state index in [-0.39, 0.29) is 9.92 Å². The molecule has 0 aliphatic carbocycles. The van der Waals surface area contributed by atoms with Crippen molar-refractivity contribution < 1.29 is 13.2 Å². The van der Waals surface area contributed by atoms with Crippen LogP contribution in [0.4, 0.5) is 0 Å². The molecule has 0 radical (unpaired) electrons. The van der Waals surface area contributed by atoms with Crippen LogP contribution >= 0.6 is 11.6 Å². The van der Waals surface area contributed by atoms with E-state index in [1.165, 1.54) is 12.1 Å². The number of carbonyl (C=O) groups excluding carboxylic acids is 1. The molecule has 0 spiro atoms. The predicted molar refractivity (Wildman–Crippen MR) is 79.0 cm³/mol. The van der Waals surface area contributed by atoms with Gasteiger partial charge in [-0.1, -0.05) is 53.6 Å². The number of hydrogen-bond acceptors (Lipinski definition) is 3. The molecule has 2 rings (SSSR count). The number of aryl methyl sites for hydroxylation is 1. The molecule has 5 heteroatoms. The van der Waals surface area contributed by atoms with Gasteiger partial charge in [-0.3, -0.25) is 4.79 Å². The summed E-state index contributed by atoms with van der Waals surface area (Å²) in [7, 11) is -3.73. The molecule has 0 N–H and O–H groups in total. The van der Waals surface area contributed by atoms with E-state index < -0.39 is 21.4 Å². The lowest BCUT2D eigenvalue weighted by Crippen LogP contribution is -2.16. The molecule has 0 heterocycles. The van der Waals surface area contributed by atoms with Gasteiger partial charge < -0.3 is 0 Å². The third-order valence-corrected chi connectivity index (χ3v) is 4.98. The first-order valence-corrected chi connectivity index (χ1v) is 8.00. The summed E-state index contributed by atoms with van der Waals surface area (Å²) >= 11 is 5.87. The van der Waals surface area contributed by atoms with Gasteiger partial charge in [0.2, 0.25) is 0 Å². The van der Waals surface area contributed by atoms with Gasteiger partial charge in [-0.2, -0.15) is 0 Å². The standard InChI is InChI=1S/C15H13ClO3S/c1-11-6-8-12(9-7-11)14(17)10-20(18,19)15-5-3-2-4-13(15)16/h2-9H,10H2,1H3. The summed E-state index contributed by atoms with van der Waals surface area (Å²) in [5, 5.41) is 0.129. The van der Waals surface area contributed by atoms with Gasteiger partial charge in [0.25, 0.3) is 0 Å². The minimum absolute atomic E-state index is 0.0119. The molecule has 20 heavy (non-hydrogen) atoms. The van der Waals surface area contributed by atoms with Crippen LogP contribution in [0.1, 0.15) is 15.9 Å². The highest BCUT2D eigenvalue weighted by molar-refractivity contribution is 7.92. The molecular formula is C15H13ClO3S. The van der Waals surface area contributed by atoms with E-state index in [9.17, 15) is 13.2 Å². The molecule has 3 nitrogen and oxygen atoms in total. The van der Waals surface area contributed by atoms with Crippen LogP contribution in [-0.2, 0) is 9.84 Å². The first-order chi connectivity index (χ1) is 9.40. The Balaban J connectivity index is 2.27. The quantitative estimate of drug-likeness (QED) is 0.814. The minimum atomic E-state index is -3.73. The number of ketones is 1. The molecule has 104 valence electrons. The van der Waals surface area contributed by atoms with Crippen molar-refractivity contribution in [3.8, 4) is 0 Å². The van der Waals surface area contributed by atoms with Crippen molar-refractivity contribution in [1.29, 1.82) is 0 Å². The van der Waals surface area contributed by atoms with Crippen molar-refractivity contribution in [2.24, 2.45) is 0 Å². The molecule has 0 aromatic heterocycles. The van der Waals surface area contributed by atoms with Gasteiger partial charge in [0.15, 0.2) is 15.6 Å². The van der Waals surface area contributed by atoms with Crippen LogP contribution in [0.3, 0.4) is 0 Å². The topological polar surface area (TPSA) is 51.2 Å². The predicted octanol–water partition coefficient (Wildman–Crippen LogP) is 3.31. The van der Waals surface area contributed by atoms with Crippen molar-refractivity contribution in [1.82, 2.24) is 0 Å². The van der Waals surface area contributed by atoms with Crippen LogP contribution in [0.15, 0.2) is 53.4 Å². The maximum atomic E-state index is 12.2. The number of carbonyl (C=O) groups is 1. The maximum absolute atomic E-state index is 12.2. The van der Waals surface area contributed by atoms with E-state index in [4.69, 9.17) is 11.6 Å². The zero-order chi connectivity index (χ0) is 14.8. The second-order valence-electron chi connectivity index (χ2n) is 4.48. The number of Topliss-reactive ketones (excluding diaryl/α,β-unsaturated/α-hetero) is 1. The lowest BCUT2D eigenvalue weighted by molar-refractivity contribution is 0.102. The Hall–Kier alpha value is -1.65. The first-order valence-electron chi connectivity index (χ1n) is 5.97. The summed E-state index contributed by atoms with van der Waals surface area (Å²) in [6.07, 6.45) is 0. The zero-order valence-corrected chi connectivity index (χ0v) is 12.4. The fourth-order valence-corrected chi connectivity index (χ4v) is 3.58. The van der Waals surface area contributed by atoms with Crippen molar-refractivity contribution >= 4 is 27.2 Å². The monoisotopic (exact) mass is 308 g/mol. The minimum Gasteiger partial charge on any atom is -0.293 e. The molecule has 0 fully saturated rings. The first kappa shape index (κ1) is 14.8. The molecule has 0 aliphatic heterocycles. The molecule has 0 saturated heterocycles. The van der Waals surface area contributed by atoms with Crippen molar-refractivity contribution in [2.45, 2.75) is 11.8 Å². The molecule has 0 amide bonds. The molecule has 0 aliphatic rings. The van der Waals surface area contributed by atoms with Crippen LogP contribution in [-0.4, -0.2) is 20.0 Å². The Labute approximate surface area is 123 Å². The van der Waals surface area contributed by atoms with Gasteiger partial charge >= 0.3 is 0 Å². The molecule has 0 unspecified atom stereocenters. The Morgan fingerprint density at radius 1 is 1.05 bits per heavy atom. The Bertz CT molecular complexity index is 734. The second kappa shape index (κ2) is 5.77. The van der Waals surface area contributed by atoms with Gasteiger partial charge in [0.1, 0.15) is 5.75 Å². The number of rotatable bonds is 4. The number of sulfone groups is 1. The van der Waals surface area contributed by atoms with E-state index in [0.717, 1.165) is 5.56 Å². The number of halogens is 1. The molecule has 0 atom stereocenters. The maximum Gasteiger partial charge on any atom is 0.187 e. The fraction of sp³-hybridized carbons (Fsp3) is 0.133. The third kappa shape index (κ3) is 3.26. The van der Waals surface area contributed by atoms with E-state index >= 15 is 0 Å².